The highest BCUT2D eigenvalue weighted by molar-refractivity contribution is 9.10. The Kier molecular flexibility index (Phi) is 4.93. The van der Waals surface area contributed by atoms with Gasteiger partial charge in [-0.15, -0.1) is 11.3 Å². The lowest BCUT2D eigenvalue weighted by atomic mass is 10.1. The lowest BCUT2D eigenvalue weighted by Crippen LogP contribution is -1.83. The van der Waals surface area contributed by atoms with Crippen LogP contribution >= 0.6 is 27.3 Å². The highest BCUT2D eigenvalue weighted by Gasteiger charge is 1.99. The molecule has 0 spiro atoms. The van der Waals surface area contributed by atoms with Gasteiger partial charge in [0.05, 0.1) is 5.38 Å². The zero-order valence-corrected chi connectivity index (χ0v) is 9.80. The quantitative estimate of drug-likeness (QED) is 0.674. The van der Waals surface area contributed by atoms with Gasteiger partial charge in [0.1, 0.15) is 0 Å². The largest absolute Gasteiger partial charge is 0.141 e. The van der Waals surface area contributed by atoms with Crippen molar-refractivity contribution in [1.82, 2.24) is 0 Å². The first kappa shape index (κ1) is 10.3. The molecule has 0 aliphatic carbocycles. The maximum atomic E-state index is 3.49. The third kappa shape index (κ3) is 3.28. The third-order valence-corrected chi connectivity index (χ3v) is 3.63. The molecule has 0 aliphatic heterocycles. The van der Waals surface area contributed by atoms with Crippen LogP contribution in [0.1, 0.15) is 38.2 Å². The molecule has 1 aromatic rings. The van der Waals surface area contributed by atoms with Crippen molar-refractivity contribution in [1.29, 1.82) is 0 Å². The van der Waals surface area contributed by atoms with Crippen molar-refractivity contribution in [2.45, 2.75) is 39.0 Å². The SMILES string of the molecule is CCCCCCc1cs[c]c1Br. The van der Waals surface area contributed by atoms with Crippen LogP contribution in [0.25, 0.3) is 0 Å². The second-order valence-electron chi connectivity index (χ2n) is 2.99. The maximum absolute atomic E-state index is 3.49. The summed E-state index contributed by atoms with van der Waals surface area (Å²) in [5.74, 6) is 0. The highest BCUT2D eigenvalue weighted by Crippen LogP contribution is 2.22. The predicted molar refractivity (Wildman–Crippen MR) is 58.7 cm³/mol. The molecular weight excluding hydrogens is 232 g/mol. The van der Waals surface area contributed by atoms with Gasteiger partial charge in [-0.05, 0) is 39.7 Å². The van der Waals surface area contributed by atoms with E-state index in [2.05, 4.69) is 33.6 Å². The summed E-state index contributed by atoms with van der Waals surface area (Å²) in [5.41, 5.74) is 1.43. The Hall–Kier alpha value is 0.180. The maximum Gasteiger partial charge on any atom is 0.0599 e. The van der Waals surface area contributed by atoms with E-state index < -0.39 is 0 Å². The van der Waals surface area contributed by atoms with Crippen molar-refractivity contribution in [2.24, 2.45) is 0 Å². The summed E-state index contributed by atoms with van der Waals surface area (Å²) >= 11 is 5.15. The van der Waals surface area contributed by atoms with Crippen LogP contribution in [0, 0.1) is 5.38 Å². The second-order valence-corrected chi connectivity index (χ2v) is 4.46. The molecule has 1 aromatic heterocycles. The van der Waals surface area contributed by atoms with Gasteiger partial charge in [-0.25, -0.2) is 0 Å². The Balaban J connectivity index is 2.20. The molecule has 0 unspecified atom stereocenters. The fraction of sp³-hybridized carbons (Fsp3) is 0.600. The Morgan fingerprint density at radius 1 is 1.42 bits per heavy atom. The molecule has 0 bridgehead atoms. The monoisotopic (exact) mass is 245 g/mol. The van der Waals surface area contributed by atoms with Crippen LogP contribution in [-0.4, -0.2) is 0 Å². The molecule has 2 heteroatoms. The van der Waals surface area contributed by atoms with E-state index in [1.54, 1.807) is 11.3 Å². The molecule has 1 rings (SSSR count). The minimum Gasteiger partial charge on any atom is -0.141 e. The van der Waals surface area contributed by atoms with Crippen LogP contribution in [0.4, 0.5) is 0 Å². The van der Waals surface area contributed by atoms with Gasteiger partial charge in [0.25, 0.3) is 0 Å². The number of halogens is 1. The first-order valence-electron chi connectivity index (χ1n) is 4.48. The van der Waals surface area contributed by atoms with Crippen molar-refractivity contribution < 1.29 is 0 Å². The van der Waals surface area contributed by atoms with Crippen molar-refractivity contribution in [3.05, 3.63) is 20.8 Å². The summed E-state index contributed by atoms with van der Waals surface area (Å²) in [5, 5.41) is 5.36. The molecule has 0 fully saturated rings. The van der Waals surface area contributed by atoms with Crippen LogP contribution < -0.4 is 0 Å². The van der Waals surface area contributed by atoms with Gasteiger partial charge in [0.15, 0.2) is 0 Å². The molecule has 1 radical (unpaired) electrons. The van der Waals surface area contributed by atoms with E-state index in [0.29, 0.717) is 0 Å². The summed E-state index contributed by atoms with van der Waals surface area (Å²) in [6.45, 7) is 2.24. The first-order chi connectivity index (χ1) is 5.84. The average molecular weight is 246 g/mol. The number of hydrogen-bond acceptors (Lipinski definition) is 1. The molecule has 12 heavy (non-hydrogen) atoms. The third-order valence-electron chi connectivity index (χ3n) is 1.93. The van der Waals surface area contributed by atoms with Gasteiger partial charge in [-0.3, -0.25) is 0 Å². The molecule has 0 nitrogen and oxygen atoms in total. The number of hydrogen-bond donors (Lipinski definition) is 0. The number of unbranched alkanes of at least 4 members (excludes halogenated alkanes) is 3. The fourth-order valence-corrected chi connectivity index (χ4v) is 2.60. The van der Waals surface area contributed by atoms with E-state index in [0.717, 1.165) is 0 Å². The van der Waals surface area contributed by atoms with E-state index in [1.165, 1.54) is 42.1 Å². The lowest BCUT2D eigenvalue weighted by molar-refractivity contribution is 0.667. The average Bonchev–Trinajstić information content (AvgIpc) is 2.46. The molecule has 0 atom stereocenters. The molecule has 0 aromatic carbocycles. The Labute approximate surface area is 87.1 Å². The second kappa shape index (κ2) is 5.76. The van der Waals surface area contributed by atoms with Gasteiger partial charge >= 0.3 is 0 Å². The van der Waals surface area contributed by atoms with Crippen molar-refractivity contribution in [3.8, 4) is 0 Å². The van der Waals surface area contributed by atoms with Crippen LogP contribution in [0.5, 0.6) is 0 Å². The molecule has 0 saturated carbocycles. The molecule has 0 aliphatic rings. The summed E-state index contributed by atoms with van der Waals surface area (Å²) < 4.78 is 1.17. The Bertz CT molecular complexity index is 217. The van der Waals surface area contributed by atoms with Crippen molar-refractivity contribution in [3.63, 3.8) is 0 Å². The summed E-state index contributed by atoms with van der Waals surface area (Å²) in [7, 11) is 0. The van der Waals surface area contributed by atoms with E-state index >= 15 is 0 Å². The van der Waals surface area contributed by atoms with Crippen LogP contribution in [0.3, 0.4) is 0 Å². The smallest absolute Gasteiger partial charge is 0.0599 e. The van der Waals surface area contributed by atoms with Crippen molar-refractivity contribution in [2.75, 3.05) is 0 Å². The van der Waals surface area contributed by atoms with Gasteiger partial charge in [0, 0.05) is 4.47 Å². The van der Waals surface area contributed by atoms with Gasteiger partial charge in [-0.1, -0.05) is 26.2 Å². The Morgan fingerprint density at radius 3 is 2.83 bits per heavy atom. The number of aryl methyl sites for hydroxylation is 1. The van der Waals surface area contributed by atoms with Crippen molar-refractivity contribution >= 4 is 27.3 Å². The Morgan fingerprint density at radius 2 is 2.25 bits per heavy atom. The normalized spacial score (nSPS) is 10.5. The van der Waals surface area contributed by atoms with Crippen LogP contribution in [0.15, 0.2) is 9.85 Å². The minimum absolute atomic E-state index is 1.17. The number of rotatable bonds is 5. The van der Waals surface area contributed by atoms with Gasteiger partial charge in [0.2, 0.25) is 0 Å². The standard InChI is InChI=1S/C10H14BrS/c1-2-3-4-5-6-9-7-12-8-10(9)11/h7H,2-6H2,1H3. The predicted octanol–water partition coefficient (Wildman–Crippen LogP) is 4.43. The minimum atomic E-state index is 1.17. The number of thiophene rings is 1. The first-order valence-corrected chi connectivity index (χ1v) is 6.15. The fourth-order valence-electron chi connectivity index (χ4n) is 1.18. The molecule has 1 heterocycles. The topological polar surface area (TPSA) is 0 Å². The van der Waals surface area contributed by atoms with E-state index in [-0.39, 0.29) is 0 Å². The zero-order valence-electron chi connectivity index (χ0n) is 7.40. The van der Waals surface area contributed by atoms with Gasteiger partial charge < -0.3 is 0 Å². The molecule has 0 amide bonds. The highest BCUT2D eigenvalue weighted by atomic mass is 79.9. The van der Waals surface area contributed by atoms with E-state index in [9.17, 15) is 0 Å². The summed E-state index contributed by atoms with van der Waals surface area (Å²) in [6.07, 6.45) is 6.57. The van der Waals surface area contributed by atoms with E-state index in [1.807, 2.05) is 0 Å². The van der Waals surface area contributed by atoms with Crippen LogP contribution in [0.2, 0.25) is 0 Å². The van der Waals surface area contributed by atoms with Gasteiger partial charge in [-0.2, -0.15) is 0 Å². The molecule has 0 N–H and O–H groups in total. The van der Waals surface area contributed by atoms with E-state index in [4.69, 9.17) is 0 Å². The molecule has 67 valence electrons. The zero-order chi connectivity index (χ0) is 8.81. The molecule has 0 saturated heterocycles. The molecular formula is C10H14BrS. The lowest BCUT2D eigenvalue weighted by Gasteiger charge is -1.98. The van der Waals surface area contributed by atoms with Crippen LogP contribution in [-0.2, 0) is 6.42 Å². The summed E-state index contributed by atoms with van der Waals surface area (Å²) in [6, 6.07) is 0. The summed E-state index contributed by atoms with van der Waals surface area (Å²) in [4.78, 5) is 0.